The molecule has 0 unspecified atom stereocenters. The van der Waals surface area contributed by atoms with Crippen LogP contribution in [0.1, 0.15) is 38.2 Å². The summed E-state index contributed by atoms with van der Waals surface area (Å²) in [5.41, 5.74) is 1.91. The van der Waals surface area contributed by atoms with Crippen molar-refractivity contribution in [1.29, 1.82) is 5.26 Å². The van der Waals surface area contributed by atoms with Gasteiger partial charge in [-0.25, -0.2) is 0 Å². The first-order valence-corrected chi connectivity index (χ1v) is 6.46. The van der Waals surface area contributed by atoms with Gasteiger partial charge in [-0.1, -0.05) is 22.9 Å². The average Bonchev–Trinajstić information content (AvgIpc) is 2.24. The molecule has 0 amide bonds. The smallest absolute Gasteiger partial charge is 0.101 e. The summed E-state index contributed by atoms with van der Waals surface area (Å²) in [7, 11) is 0. The third-order valence-electron chi connectivity index (χ3n) is 3.49. The number of anilines is 1. The number of nitriles is 1. The molecule has 1 aromatic carbocycles. The molecule has 16 heavy (non-hydrogen) atoms. The van der Waals surface area contributed by atoms with Gasteiger partial charge in [-0.05, 0) is 43.9 Å². The molecule has 0 atom stereocenters. The standard InChI is InChI=1S/C13H15BrN2/c1-2-13(6-3-7-13)16-12-8-11(14)5-4-10(12)9-15/h4-5,8,16H,2-3,6-7H2,1H3. The van der Waals surface area contributed by atoms with Crippen LogP contribution in [0.4, 0.5) is 5.69 Å². The predicted octanol–water partition coefficient (Wildman–Crippen LogP) is 4.07. The summed E-state index contributed by atoms with van der Waals surface area (Å²) in [6.07, 6.45) is 4.82. The number of nitrogens with zero attached hydrogens (tertiary/aromatic N) is 1. The molecule has 0 radical (unpaired) electrons. The van der Waals surface area contributed by atoms with Crippen molar-refractivity contribution in [2.24, 2.45) is 0 Å². The topological polar surface area (TPSA) is 35.8 Å². The average molecular weight is 279 g/mol. The van der Waals surface area contributed by atoms with E-state index in [0.717, 1.165) is 22.1 Å². The lowest BCUT2D eigenvalue weighted by Gasteiger charge is -2.43. The van der Waals surface area contributed by atoms with E-state index in [1.54, 1.807) is 0 Å². The van der Waals surface area contributed by atoms with Crippen LogP contribution in [0, 0.1) is 11.3 Å². The van der Waals surface area contributed by atoms with Gasteiger partial charge in [0, 0.05) is 10.0 Å². The minimum absolute atomic E-state index is 0.229. The predicted molar refractivity (Wildman–Crippen MR) is 69.4 cm³/mol. The molecule has 1 saturated carbocycles. The molecule has 84 valence electrons. The van der Waals surface area contributed by atoms with Gasteiger partial charge in [0.25, 0.3) is 0 Å². The normalized spacial score (nSPS) is 17.3. The lowest BCUT2D eigenvalue weighted by atomic mass is 9.74. The molecule has 1 fully saturated rings. The first-order chi connectivity index (χ1) is 7.69. The molecule has 1 aliphatic carbocycles. The van der Waals surface area contributed by atoms with Gasteiger partial charge in [0.2, 0.25) is 0 Å². The third kappa shape index (κ3) is 2.08. The second kappa shape index (κ2) is 4.47. The second-order valence-electron chi connectivity index (χ2n) is 4.41. The van der Waals surface area contributed by atoms with Crippen LogP contribution < -0.4 is 5.32 Å². The van der Waals surface area contributed by atoms with E-state index in [-0.39, 0.29) is 5.54 Å². The van der Waals surface area contributed by atoms with Crippen molar-refractivity contribution < 1.29 is 0 Å². The molecule has 1 aromatic rings. The number of halogens is 1. The zero-order chi connectivity index (χ0) is 11.6. The fraction of sp³-hybridized carbons (Fsp3) is 0.462. The molecule has 0 heterocycles. The molecule has 2 nitrogen and oxygen atoms in total. The van der Waals surface area contributed by atoms with Gasteiger partial charge < -0.3 is 5.32 Å². The lowest BCUT2D eigenvalue weighted by Crippen LogP contribution is -2.44. The van der Waals surface area contributed by atoms with Crippen LogP contribution in [0.3, 0.4) is 0 Å². The van der Waals surface area contributed by atoms with E-state index in [4.69, 9.17) is 5.26 Å². The van der Waals surface area contributed by atoms with Crippen LogP contribution in [-0.2, 0) is 0 Å². The minimum Gasteiger partial charge on any atom is -0.379 e. The van der Waals surface area contributed by atoms with Gasteiger partial charge in [0.1, 0.15) is 6.07 Å². The highest BCUT2D eigenvalue weighted by molar-refractivity contribution is 9.10. The maximum atomic E-state index is 9.06. The Labute approximate surface area is 105 Å². The Morgan fingerprint density at radius 3 is 2.75 bits per heavy atom. The summed E-state index contributed by atoms with van der Waals surface area (Å²) in [4.78, 5) is 0. The summed E-state index contributed by atoms with van der Waals surface area (Å²) < 4.78 is 1.01. The number of hydrogen-bond donors (Lipinski definition) is 1. The van der Waals surface area contributed by atoms with Crippen molar-refractivity contribution in [1.82, 2.24) is 0 Å². The molecular formula is C13H15BrN2. The quantitative estimate of drug-likeness (QED) is 0.905. The zero-order valence-electron chi connectivity index (χ0n) is 9.39. The molecular weight excluding hydrogens is 264 g/mol. The number of nitrogens with one attached hydrogen (secondary N) is 1. The van der Waals surface area contributed by atoms with Gasteiger partial charge in [-0.15, -0.1) is 0 Å². The van der Waals surface area contributed by atoms with Gasteiger partial charge in [0.05, 0.1) is 11.3 Å². The molecule has 2 rings (SSSR count). The van der Waals surface area contributed by atoms with Gasteiger partial charge in [0.15, 0.2) is 0 Å². The SMILES string of the molecule is CCC1(Nc2cc(Br)ccc2C#N)CCC1. The van der Waals surface area contributed by atoms with E-state index in [1.165, 1.54) is 19.3 Å². The Morgan fingerprint density at radius 1 is 1.50 bits per heavy atom. The molecule has 1 N–H and O–H groups in total. The number of rotatable bonds is 3. The first kappa shape index (κ1) is 11.5. The summed E-state index contributed by atoms with van der Waals surface area (Å²) in [6, 6.07) is 7.99. The van der Waals surface area contributed by atoms with E-state index in [2.05, 4.69) is 34.2 Å². The van der Waals surface area contributed by atoms with E-state index in [9.17, 15) is 0 Å². The highest BCUT2D eigenvalue weighted by Crippen LogP contribution is 2.39. The first-order valence-electron chi connectivity index (χ1n) is 5.67. The Hall–Kier alpha value is -1.01. The highest BCUT2D eigenvalue weighted by atomic mass is 79.9. The highest BCUT2D eigenvalue weighted by Gasteiger charge is 2.35. The van der Waals surface area contributed by atoms with E-state index in [1.807, 2.05) is 18.2 Å². The Balaban J connectivity index is 2.26. The molecule has 0 bridgehead atoms. The van der Waals surface area contributed by atoms with Crippen molar-refractivity contribution in [3.8, 4) is 6.07 Å². The summed E-state index contributed by atoms with van der Waals surface area (Å²) >= 11 is 3.45. The van der Waals surface area contributed by atoms with Crippen LogP contribution in [0.5, 0.6) is 0 Å². The largest absolute Gasteiger partial charge is 0.379 e. The van der Waals surface area contributed by atoms with Crippen molar-refractivity contribution in [3.05, 3.63) is 28.2 Å². The van der Waals surface area contributed by atoms with Crippen LogP contribution in [0.2, 0.25) is 0 Å². The molecule has 3 heteroatoms. The van der Waals surface area contributed by atoms with Gasteiger partial charge >= 0.3 is 0 Å². The maximum Gasteiger partial charge on any atom is 0.101 e. The molecule has 1 aliphatic rings. The maximum absolute atomic E-state index is 9.06. The lowest BCUT2D eigenvalue weighted by molar-refractivity contribution is 0.269. The van der Waals surface area contributed by atoms with Crippen molar-refractivity contribution in [2.45, 2.75) is 38.1 Å². The fourth-order valence-electron chi connectivity index (χ4n) is 2.17. The van der Waals surface area contributed by atoms with Crippen LogP contribution in [0.25, 0.3) is 0 Å². The van der Waals surface area contributed by atoms with Gasteiger partial charge in [-0.3, -0.25) is 0 Å². The van der Waals surface area contributed by atoms with Gasteiger partial charge in [-0.2, -0.15) is 5.26 Å². The third-order valence-corrected chi connectivity index (χ3v) is 3.98. The molecule has 0 aromatic heterocycles. The molecule has 0 aliphatic heterocycles. The summed E-state index contributed by atoms with van der Waals surface area (Å²) in [5, 5.41) is 12.6. The monoisotopic (exact) mass is 278 g/mol. The molecule has 0 spiro atoms. The van der Waals surface area contributed by atoms with Crippen LogP contribution in [0.15, 0.2) is 22.7 Å². The van der Waals surface area contributed by atoms with Crippen molar-refractivity contribution >= 4 is 21.6 Å². The van der Waals surface area contributed by atoms with E-state index in [0.29, 0.717) is 0 Å². The van der Waals surface area contributed by atoms with E-state index < -0.39 is 0 Å². The Bertz CT molecular complexity index is 425. The number of hydrogen-bond acceptors (Lipinski definition) is 2. The van der Waals surface area contributed by atoms with Crippen molar-refractivity contribution in [2.75, 3.05) is 5.32 Å². The Kier molecular flexibility index (Phi) is 3.20. The minimum atomic E-state index is 0.229. The Morgan fingerprint density at radius 2 is 2.25 bits per heavy atom. The number of benzene rings is 1. The van der Waals surface area contributed by atoms with Crippen LogP contribution in [-0.4, -0.2) is 5.54 Å². The molecule has 0 saturated heterocycles. The van der Waals surface area contributed by atoms with E-state index >= 15 is 0 Å². The summed E-state index contributed by atoms with van der Waals surface area (Å²) in [5.74, 6) is 0. The van der Waals surface area contributed by atoms with Crippen molar-refractivity contribution in [3.63, 3.8) is 0 Å². The van der Waals surface area contributed by atoms with Crippen LogP contribution >= 0.6 is 15.9 Å². The summed E-state index contributed by atoms with van der Waals surface area (Å²) in [6.45, 7) is 2.20. The fourth-order valence-corrected chi connectivity index (χ4v) is 2.53. The zero-order valence-corrected chi connectivity index (χ0v) is 11.0. The second-order valence-corrected chi connectivity index (χ2v) is 5.33.